The molecule has 0 aromatic heterocycles. The Balaban J connectivity index is 1.82. The van der Waals surface area contributed by atoms with E-state index in [9.17, 15) is 15.3 Å². The van der Waals surface area contributed by atoms with Crippen LogP contribution in [0.5, 0.6) is 0 Å². The van der Waals surface area contributed by atoms with Crippen molar-refractivity contribution in [2.75, 3.05) is 6.61 Å². The van der Waals surface area contributed by atoms with Crippen molar-refractivity contribution >= 4 is 0 Å². The topological polar surface area (TPSA) is 88.4 Å². The van der Waals surface area contributed by atoms with Crippen molar-refractivity contribution in [3.05, 3.63) is 12.7 Å². The van der Waals surface area contributed by atoms with E-state index < -0.39 is 49.0 Å². The second kappa shape index (κ2) is 6.55. The fourth-order valence-corrected chi connectivity index (χ4v) is 3.85. The molecule has 126 valence electrons. The van der Waals surface area contributed by atoms with Gasteiger partial charge in [-0.2, -0.15) is 0 Å². The van der Waals surface area contributed by atoms with Gasteiger partial charge in [0.15, 0.2) is 5.79 Å². The molecule has 6 heteroatoms. The summed E-state index contributed by atoms with van der Waals surface area (Å²) in [5.74, 6) is -0.672. The average molecular weight is 314 g/mol. The fourth-order valence-electron chi connectivity index (χ4n) is 3.85. The van der Waals surface area contributed by atoms with Crippen molar-refractivity contribution in [2.45, 2.75) is 80.9 Å². The standard InChI is InChI=1S/C16H26O6/c1-2-6-11-12(19)14-15(13(20-11)10(18)9-17)22-16(21-14)7-4-3-5-8-16/h2,10-15,17-19H,1,3-9H2/t10-,11?,12+,13+,14+,15-/m1/s1. The Kier molecular flexibility index (Phi) is 4.87. The van der Waals surface area contributed by atoms with Crippen molar-refractivity contribution in [3.63, 3.8) is 0 Å². The molecule has 2 saturated heterocycles. The monoisotopic (exact) mass is 314 g/mol. The predicted octanol–water partition coefficient (Wildman–Crippen LogP) is 0.488. The molecule has 3 rings (SSSR count). The minimum atomic E-state index is -1.06. The number of fused-ring (bicyclic) bond motifs is 1. The Bertz CT molecular complexity index is 394. The molecule has 0 aromatic rings. The molecule has 3 N–H and O–H groups in total. The maximum Gasteiger partial charge on any atom is 0.169 e. The lowest BCUT2D eigenvalue weighted by atomic mass is 9.91. The molecular formula is C16H26O6. The van der Waals surface area contributed by atoms with E-state index in [-0.39, 0.29) is 0 Å². The molecule has 1 saturated carbocycles. The van der Waals surface area contributed by atoms with Gasteiger partial charge in [0.25, 0.3) is 0 Å². The average Bonchev–Trinajstić information content (AvgIpc) is 2.89. The zero-order chi connectivity index (χ0) is 15.7. The Hall–Kier alpha value is -0.500. The Morgan fingerprint density at radius 2 is 1.86 bits per heavy atom. The van der Waals surface area contributed by atoms with Crippen LogP contribution in [0.15, 0.2) is 12.7 Å². The van der Waals surface area contributed by atoms with Crippen LogP contribution in [0.25, 0.3) is 0 Å². The summed E-state index contributed by atoms with van der Waals surface area (Å²) in [4.78, 5) is 0. The van der Waals surface area contributed by atoms with E-state index in [0.29, 0.717) is 6.42 Å². The van der Waals surface area contributed by atoms with E-state index in [1.807, 2.05) is 0 Å². The molecule has 0 radical (unpaired) electrons. The maximum absolute atomic E-state index is 10.5. The summed E-state index contributed by atoms with van der Waals surface area (Å²) in [5, 5.41) is 29.9. The highest BCUT2D eigenvalue weighted by atomic mass is 16.8. The van der Waals surface area contributed by atoms with Crippen LogP contribution in [0.2, 0.25) is 0 Å². The van der Waals surface area contributed by atoms with Gasteiger partial charge in [0.2, 0.25) is 0 Å². The molecule has 2 heterocycles. The third-order valence-corrected chi connectivity index (χ3v) is 4.98. The minimum absolute atomic E-state index is 0.416. The summed E-state index contributed by atoms with van der Waals surface area (Å²) < 4.78 is 18.1. The second-order valence-corrected chi connectivity index (χ2v) is 6.54. The van der Waals surface area contributed by atoms with Gasteiger partial charge in [-0.3, -0.25) is 0 Å². The van der Waals surface area contributed by atoms with Gasteiger partial charge in [-0.15, -0.1) is 6.58 Å². The highest BCUT2D eigenvalue weighted by molar-refractivity contribution is 5.03. The maximum atomic E-state index is 10.5. The molecular weight excluding hydrogens is 288 g/mol. The van der Waals surface area contributed by atoms with Gasteiger partial charge in [-0.1, -0.05) is 12.5 Å². The van der Waals surface area contributed by atoms with Gasteiger partial charge in [0.1, 0.15) is 30.5 Å². The molecule has 1 unspecified atom stereocenters. The molecule has 6 nitrogen and oxygen atoms in total. The summed E-state index contributed by atoms with van der Waals surface area (Å²) in [6.45, 7) is 3.26. The fraction of sp³-hybridized carbons (Fsp3) is 0.875. The highest BCUT2D eigenvalue weighted by Crippen LogP contribution is 2.45. The van der Waals surface area contributed by atoms with Crippen molar-refractivity contribution in [3.8, 4) is 0 Å². The molecule has 0 aromatic carbocycles. The van der Waals surface area contributed by atoms with Gasteiger partial charge in [0, 0.05) is 12.8 Å². The van der Waals surface area contributed by atoms with Crippen LogP contribution in [0.4, 0.5) is 0 Å². The molecule has 1 aliphatic carbocycles. The lowest BCUT2D eigenvalue weighted by molar-refractivity contribution is -0.217. The van der Waals surface area contributed by atoms with E-state index in [0.717, 1.165) is 32.1 Å². The lowest BCUT2D eigenvalue weighted by Gasteiger charge is -2.41. The summed E-state index contributed by atoms with van der Waals surface area (Å²) in [5.41, 5.74) is 0. The molecule has 6 atom stereocenters. The summed E-state index contributed by atoms with van der Waals surface area (Å²) in [7, 11) is 0. The summed E-state index contributed by atoms with van der Waals surface area (Å²) >= 11 is 0. The molecule has 1 spiro atoms. The number of aliphatic hydroxyl groups is 3. The second-order valence-electron chi connectivity index (χ2n) is 6.54. The molecule has 0 amide bonds. The van der Waals surface area contributed by atoms with Crippen LogP contribution in [-0.2, 0) is 14.2 Å². The quantitative estimate of drug-likeness (QED) is 0.655. The number of hydrogen-bond donors (Lipinski definition) is 3. The smallest absolute Gasteiger partial charge is 0.169 e. The zero-order valence-electron chi connectivity index (χ0n) is 12.8. The molecule has 22 heavy (non-hydrogen) atoms. The van der Waals surface area contributed by atoms with E-state index >= 15 is 0 Å². The molecule has 2 aliphatic heterocycles. The van der Waals surface area contributed by atoms with Crippen LogP contribution >= 0.6 is 0 Å². The van der Waals surface area contributed by atoms with Gasteiger partial charge in [0.05, 0.1) is 12.7 Å². The number of aliphatic hydroxyl groups excluding tert-OH is 3. The normalized spacial score (nSPS) is 42.0. The Morgan fingerprint density at radius 1 is 1.18 bits per heavy atom. The molecule has 3 fully saturated rings. The van der Waals surface area contributed by atoms with E-state index in [4.69, 9.17) is 14.2 Å². The first kappa shape index (κ1) is 16.4. The third-order valence-electron chi connectivity index (χ3n) is 4.98. The molecule has 3 aliphatic rings. The zero-order valence-corrected chi connectivity index (χ0v) is 12.8. The van der Waals surface area contributed by atoms with Crippen molar-refractivity contribution in [2.24, 2.45) is 0 Å². The van der Waals surface area contributed by atoms with Crippen molar-refractivity contribution in [1.82, 2.24) is 0 Å². The first-order chi connectivity index (χ1) is 10.6. The largest absolute Gasteiger partial charge is 0.394 e. The SMILES string of the molecule is C=CCC1O[C@@H]([C@H](O)CO)[C@H]2OC3(CCCCC3)O[C@H]2[C@H]1O. The summed E-state index contributed by atoms with van der Waals surface area (Å²) in [6, 6.07) is 0. The number of hydrogen-bond acceptors (Lipinski definition) is 6. The third kappa shape index (κ3) is 2.84. The minimum Gasteiger partial charge on any atom is -0.394 e. The lowest BCUT2D eigenvalue weighted by Crippen LogP contribution is -2.59. The van der Waals surface area contributed by atoms with Crippen LogP contribution in [0.3, 0.4) is 0 Å². The van der Waals surface area contributed by atoms with Gasteiger partial charge >= 0.3 is 0 Å². The van der Waals surface area contributed by atoms with E-state index in [1.54, 1.807) is 6.08 Å². The number of rotatable bonds is 4. The first-order valence-corrected chi connectivity index (χ1v) is 8.19. The van der Waals surface area contributed by atoms with Gasteiger partial charge in [-0.25, -0.2) is 0 Å². The Labute approximate surface area is 130 Å². The van der Waals surface area contributed by atoms with E-state index in [2.05, 4.69) is 6.58 Å². The van der Waals surface area contributed by atoms with Crippen molar-refractivity contribution in [1.29, 1.82) is 0 Å². The predicted molar refractivity (Wildman–Crippen MR) is 78.1 cm³/mol. The van der Waals surface area contributed by atoms with Gasteiger partial charge < -0.3 is 29.5 Å². The van der Waals surface area contributed by atoms with Crippen molar-refractivity contribution < 1.29 is 29.5 Å². The number of ether oxygens (including phenoxy) is 3. The first-order valence-electron chi connectivity index (χ1n) is 8.19. The van der Waals surface area contributed by atoms with Crippen LogP contribution < -0.4 is 0 Å². The molecule has 0 bridgehead atoms. The summed E-state index contributed by atoms with van der Waals surface area (Å²) in [6.07, 6.45) is 2.72. The van der Waals surface area contributed by atoms with Crippen LogP contribution in [0, 0.1) is 0 Å². The highest BCUT2D eigenvalue weighted by Gasteiger charge is 2.58. The van der Waals surface area contributed by atoms with Gasteiger partial charge in [-0.05, 0) is 19.3 Å². The van der Waals surface area contributed by atoms with Crippen LogP contribution in [-0.4, -0.2) is 64.3 Å². The van der Waals surface area contributed by atoms with Crippen LogP contribution in [0.1, 0.15) is 38.5 Å². The van der Waals surface area contributed by atoms with E-state index in [1.165, 1.54) is 0 Å². The Morgan fingerprint density at radius 3 is 2.50 bits per heavy atom.